The van der Waals surface area contributed by atoms with Gasteiger partial charge in [0.05, 0.1) is 11.7 Å². The van der Waals surface area contributed by atoms with Gasteiger partial charge < -0.3 is 10.1 Å². The molecule has 1 fully saturated rings. The molecule has 2 atom stereocenters. The van der Waals surface area contributed by atoms with Crippen molar-refractivity contribution < 1.29 is 4.74 Å². The molecule has 0 aliphatic carbocycles. The Balaban J connectivity index is 1.84. The minimum Gasteiger partial charge on any atom is -0.467 e. The molecule has 2 aromatic rings. The summed E-state index contributed by atoms with van der Waals surface area (Å²) in [6.45, 7) is 6.35. The summed E-state index contributed by atoms with van der Waals surface area (Å²) in [5.41, 5.74) is 4.24. The first-order valence-electron chi connectivity index (χ1n) is 7.94. The van der Waals surface area contributed by atoms with Crippen molar-refractivity contribution in [2.75, 3.05) is 4.90 Å². The summed E-state index contributed by atoms with van der Waals surface area (Å²) in [5.74, 6) is 0.941. The van der Waals surface area contributed by atoms with Crippen molar-refractivity contribution in [2.45, 2.75) is 39.0 Å². The van der Waals surface area contributed by atoms with Crippen LogP contribution in [-0.2, 0) is 0 Å². The normalized spacial score (nSPS) is 25.4. The van der Waals surface area contributed by atoms with Gasteiger partial charge in [0.2, 0.25) is 0 Å². The first-order chi connectivity index (χ1) is 11.0. The van der Waals surface area contributed by atoms with Crippen LogP contribution in [0, 0.1) is 13.8 Å². The summed E-state index contributed by atoms with van der Waals surface area (Å²) < 4.78 is 6.42. The number of anilines is 1. The van der Waals surface area contributed by atoms with E-state index in [4.69, 9.17) is 17.0 Å². The smallest absolute Gasteiger partial charge is 0.188 e. The Morgan fingerprint density at radius 3 is 2.83 bits per heavy atom. The number of nitrogens with zero attached hydrogens (tertiary/aromatic N) is 1. The molecule has 2 aliphatic heterocycles. The quantitative estimate of drug-likeness (QED) is 0.793. The number of rotatable bonds is 1. The van der Waals surface area contributed by atoms with Gasteiger partial charge in [0.25, 0.3) is 0 Å². The Kier molecular flexibility index (Phi) is 3.13. The van der Waals surface area contributed by atoms with Crippen LogP contribution in [-0.4, -0.2) is 10.8 Å². The lowest BCUT2D eigenvalue weighted by Gasteiger charge is -2.52. The molecular weight excluding hydrogens is 304 g/mol. The zero-order chi connectivity index (χ0) is 16.2. The number of aryl methyl sites for hydroxylation is 2. The highest BCUT2D eigenvalue weighted by molar-refractivity contribution is 7.80. The van der Waals surface area contributed by atoms with Gasteiger partial charge in [-0.05, 0) is 56.2 Å². The van der Waals surface area contributed by atoms with Gasteiger partial charge in [-0.3, -0.25) is 4.90 Å². The second-order valence-electron chi connectivity index (χ2n) is 6.65. The molecule has 4 rings (SSSR count). The first-order valence-corrected chi connectivity index (χ1v) is 8.35. The van der Waals surface area contributed by atoms with Gasteiger partial charge in [0.1, 0.15) is 5.75 Å². The highest BCUT2D eigenvalue weighted by Gasteiger charge is 2.48. The maximum Gasteiger partial charge on any atom is 0.188 e. The Labute approximate surface area is 142 Å². The zero-order valence-electron chi connectivity index (χ0n) is 13.6. The third-order valence-electron chi connectivity index (χ3n) is 4.79. The number of para-hydroxylation sites is 1. The van der Waals surface area contributed by atoms with Gasteiger partial charge in [0, 0.05) is 12.0 Å². The Morgan fingerprint density at radius 2 is 2.00 bits per heavy atom. The van der Waals surface area contributed by atoms with Gasteiger partial charge >= 0.3 is 0 Å². The van der Waals surface area contributed by atoms with Gasteiger partial charge in [-0.1, -0.05) is 30.3 Å². The molecule has 2 heterocycles. The SMILES string of the molecule is Cc1ccc(C)c(N2C(=S)N[C@H]3C[C@@]2(C)Oc2ccccc23)c1. The fraction of sp³-hybridized carbons (Fsp3) is 0.316. The predicted octanol–water partition coefficient (Wildman–Crippen LogP) is 4.24. The van der Waals surface area contributed by atoms with Gasteiger partial charge in [-0.2, -0.15) is 0 Å². The van der Waals surface area contributed by atoms with Crippen LogP contribution in [0.4, 0.5) is 5.69 Å². The van der Waals surface area contributed by atoms with Crippen molar-refractivity contribution in [3.63, 3.8) is 0 Å². The monoisotopic (exact) mass is 324 g/mol. The summed E-state index contributed by atoms with van der Waals surface area (Å²) in [4.78, 5) is 2.14. The fourth-order valence-electron chi connectivity index (χ4n) is 3.65. The van der Waals surface area contributed by atoms with Gasteiger partial charge in [-0.15, -0.1) is 0 Å². The molecule has 2 aliphatic rings. The average Bonchev–Trinajstić information content (AvgIpc) is 2.50. The van der Waals surface area contributed by atoms with Crippen molar-refractivity contribution in [1.29, 1.82) is 0 Å². The predicted molar refractivity (Wildman–Crippen MR) is 97.0 cm³/mol. The number of fused-ring (bicyclic) bond motifs is 4. The molecule has 3 nitrogen and oxygen atoms in total. The topological polar surface area (TPSA) is 24.5 Å². The molecule has 0 aromatic heterocycles. The molecular formula is C19H20N2OS. The number of nitrogens with one attached hydrogen (secondary N) is 1. The van der Waals surface area contributed by atoms with Crippen LogP contribution in [0.25, 0.3) is 0 Å². The lowest BCUT2D eigenvalue weighted by molar-refractivity contribution is 0.0497. The summed E-state index contributed by atoms with van der Waals surface area (Å²) >= 11 is 5.70. The average molecular weight is 324 g/mol. The molecule has 23 heavy (non-hydrogen) atoms. The van der Waals surface area contributed by atoms with E-state index >= 15 is 0 Å². The van der Waals surface area contributed by atoms with E-state index in [1.165, 1.54) is 16.7 Å². The lowest BCUT2D eigenvalue weighted by Crippen LogP contribution is -2.65. The number of thiocarbonyl (C=S) groups is 1. The fourth-order valence-corrected chi connectivity index (χ4v) is 4.08. The summed E-state index contributed by atoms with van der Waals surface area (Å²) in [6, 6.07) is 14.9. The zero-order valence-corrected chi connectivity index (χ0v) is 14.4. The molecule has 1 saturated heterocycles. The molecule has 0 radical (unpaired) electrons. The van der Waals surface area contributed by atoms with E-state index in [1.807, 2.05) is 18.2 Å². The van der Waals surface area contributed by atoms with E-state index in [0.717, 1.165) is 23.0 Å². The van der Waals surface area contributed by atoms with Crippen molar-refractivity contribution >= 4 is 23.0 Å². The van der Waals surface area contributed by atoms with E-state index in [0.29, 0.717) is 0 Å². The summed E-state index contributed by atoms with van der Waals surface area (Å²) in [5, 5.41) is 4.23. The van der Waals surface area contributed by atoms with Crippen LogP contribution in [0.5, 0.6) is 5.75 Å². The molecule has 1 N–H and O–H groups in total. The van der Waals surface area contributed by atoms with E-state index in [9.17, 15) is 0 Å². The molecule has 118 valence electrons. The number of hydrogen-bond donors (Lipinski definition) is 1. The van der Waals surface area contributed by atoms with Crippen molar-refractivity contribution in [3.05, 3.63) is 59.2 Å². The minimum atomic E-state index is -0.472. The van der Waals surface area contributed by atoms with Crippen molar-refractivity contribution in [1.82, 2.24) is 5.32 Å². The van der Waals surface area contributed by atoms with Crippen molar-refractivity contribution in [3.8, 4) is 5.75 Å². The van der Waals surface area contributed by atoms with Crippen molar-refractivity contribution in [2.24, 2.45) is 0 Å². The van der Waals surface area contributed by atoms with Crippen LogP contribution in [0.15, 0.2) is 42.5 Å². The molecule has 2 bridgehead atoms. The second kappa shape index (κ2) is 4.96. The maximum absolute atomic E-state index is 6.42. The molecule has 4 heteroatoms. The van der Waals surface area contributed by atoms with Gasteiger partial charge in [-0.25, -0.2) is 0 Å². The molecule has 0 amide bonds. The highest BCUT2D eigenvalue weighted by Crippen LogP contribution is 2.46. The largest absolute Gasteiger partial charge is 0.467 e. The summed E-state index contributed by atoms with van der Waals surface area (Å²) in [7, 11) is 0. The van der Waals surface area contributed by atoms with Crippen LogP contribution in [0.1, 0.15) is 36.1 Å². The third kappa shape index (κ3) is 2.20. The van der Waals surface area contributed by atoms with E-state index < -0.39 is 5.72 Å². The minimum absolute atomic E-state index is 0.207. The molecule has 0 spiro atoms. The van der Waals surface area contributed by atoms with Crippen LogP contribution < -0.4 is 15.0 Å². The Bertz CT molecular complexity index is 804. The van der Waals surface area contributed by atoms with Crippen LogP contribution in [0.2, 0.25) is 0 Å². The number of hydrogen-bond acceptors (Lipinski definition) is 2. The third-order valence-corrected chi connectivity index (χ3v) is 5.09. The van der Waals surface area contributed by atoms with Crippen LogP contribution >= 0.6 is 12.2 Å². The molecule has 2 aromatic carbocycles. The first kappa shape index (κ1) is 14.5. The van der Waals surface area contributed by atoms with Gasteiger partial charge in [0.15, 0.2) is 10.8 Å². The Hall–Kier alpha value is -2.07. The Morgan fingerprint density at radius 1 is 1.22 bits per heavy atom. The molecule has 0 saturated carbocycles. The molecule has 0 unspecified atom stereocenters. The second-order valence-corrected chi connectivity index (χ2v) is 7.03. The van der Waals surface area contributed by atoms with Crippen LogP contribution in [0.3, 0.4) is 0 Å². The van der Waals surface area contributed by atoms with E-state index in [2.05, 4.69) is 55.3 Å². The lowest BCUT2D eigenvalue weighted by atomic mass is 9.90. The maximum atomic E-state index is 6.42. The summed E-state index contributed by atoms with van der Waals surface area (Å²) in [6.07, 6.45) is 0.859. The van der Waals surface area contributed by atoms with E-state index in [1.54, 1.807) is 0 Å². The highest BCUT2D eigenvalue weighted by atomic mass is 32.1. The standard InChI is InChI=1S/C19H20N2OS/c1-12-8-9-13(2)16(10-12)21-18(23)20-15-11-19(21,3)22-17-7-5-4-6-14(15)17/h4-10,15H,11H2,1-3H3,(H,20,23)/t15-,19+/m0/s1. The number of benzene rings is 2. The van der Waals surface area contributed by atoms with E-state index in [-0.39, 0.29) is 6.04 Å². The number of ether oxygens (including phenoxy) is 1.